The van der Waals surface area contributed by atoms with Gasteiger partial charge in [0, 0.05) is 67.1 Å². The van der Waals surface area contributed by atoms with Crippen LogP contribution in [0.1, 0.15) is 111 Å². The molecule has 0 saturated carbocycles. The van der Waals surface area contributed by atoms with E-state index in [1.54, 1.807) is 43.3 Å². The molecule has 8 amide bonds. The van der Waals surface area contributed by atoms with Crippen molar-refractivity contribution in [2.24, 2.45) is 0 Å². The summed E-state index contributed by atoms with van der Waals surface area (Å²) in [6.07, 6.45) is 6.92. The highest BCUT2D eigenvalue weighted by molar-refractivity contribution is 6.12. The average Bonchev–Trinajstić information content (AvgIpc) is 4.02. The van der Waals surface area contributed by atoms with Crippen molar-refractivity contribution in [2.75, 3.05) is 32.7 Å². The number of aromatic nitrogens is 2. The van der Waals surface area contributed by atoms with E-state index in [9.17, 15) is 57.4 Å². The van der Waals surface area contributed by atoms with Crippen LogP contribution in [0.3, 0.4) is 0 Å². The number of imide groups is 1. The number of hydrogen-bond donors (Lipinski definition) is 7. The molecule has 21 nitrogen and oxygen atoms in total. The molecule has 1 aliphatic carbocycles. The fraction of sp³-hybridized carbons (Fsp3) is 0.426. The van der Waals surface area contributed by atoms with E-state index in [2.05, 4.69) is 31.9 Å². The Hall–Kier alpha value is -8.14. The quantitative estimate of drug-likeness (QED) is 0.0263. The first-order chi connectivity index (χ1) is 36.5. The predicted molar refractivity (Wildman–Crippen MR) is 271 cm³/mol. The molecule has 22 heteroatoms. The third kappa shape index (κ3) is 12.3. The Balaban J connectivity index is 0.761. The zero-order valence-corrected chi connectivity index (χ0v) is 42.0. The number of cyclic esters (lactones) is 1. The van der Waals surface area contributed by atoms with Gasteiger partial charge in [-0.1, -0.05) is 50.1 Å². The molecule has 400 valence electrons. The molecule has 3 atom stereocenters. The van der Waals surface area contributed by atoms with Gasteiger partial charge in [0.05, 0.1) is 54.7 Å². The largest absolute Gasteiger partial charge is 0.458 e. The average molecular weight is 1050 g/mol. The van der Waals surface area contributed by atoms with Crippen molar-refractivity contribution in [3.63, 3.8) is 0 Å². The Morgan fingerprint density at radius 3 is 2.24 bits per heavy atom. The lowest BCUT2D eigenvalue weighted by atomic mass is 9.83. The van der Waals surface area contributed by atoms with E-state index in [4.69, 9.17) is 9.72 Å². The normalized spacial score (nSPS) is 17.3. The van der Waals surface area contributed by atoms with E-state index in [-0.39, 0.29) is 99.8 Å². The number of amides is 8. The topological polar surface area (TPSA) is 293 Å². The third-order valence-electron chi connectivity index (χ3n) is 14.1. The van der Waals surface area contributed by atoms with Gasteiger partial charge < -0.3 is 46.3 Å². The molecule has 4 aromatic rings. The molecule has 0 bridgehead atoms. The summed E-state index contributed by atoms with van der Waals surface area (Å²) in [5.74, 6) is -5.06. The van der Waals surface area contributed by atoms with Gasteiger partial charge in [-0.15, -0.1) is 0 Å². The summed E-state index contributed by atoms with van der Waals surface area (Å²) in [7, 11) is 0. The summed E-state index contributed by atoms with van der Waals surface area (Å²) in [4.78, 5) is 133. The first-order valence-corrected chi connectivity index (χ1v) is 25.6. The van der Waals surface area contributed by atoms with Gasteiger partial charge in [-0.25, -0.2) is 14.2 Å². The number of aryl methyl sites for hydroxylation is 1. The molecule has 0 saturated heterocycles. The number of rotatable bonds is 24. The van der Waals surface area contributed by atoms with Gasteiger partial charge in [0.2, 0.25) is 35.4 Å². The number of nitrogens with zero attached hydrogens (tertiary/aromatic N) is 3. The lowest BCUT2D eigenvalue weighted by Crippen LogP contribution is -2.52. The second-order valence-corrected chi connectivity index (χ2v) is 19.3. The molecule has 7 N–H and O–H groups in total. The molecule has 1 unspecified atom stereocenters. The number of carbonyl (C=O) groups excluding carboxylic acids is 9. The van der Waals surface area contributed by atoms with E-state index in [0.717, 1.165) is 21.6 Å². The summed E-state index contributed by atoms with van der Waals surface area (Å²) in [6, 6.07) is 11.7. The zero-order chi connectivity index (χ0) is 54.1. The number of hydrogen-bond acceptors (Lipinski definition) is 13. The third-order valence-corrected chi connectivity index (χ3v) is 14.1. The van der Waals surface area contributed by atoms with Crippen LogP contribution in [0.4, 0.5) is 4.39 Å². The van der Waals surface area contributed by atoms with Gasteiger partial charge in [0.1, 0.15) is 18.5 Å². The monoisotopic (exact) mass is 1050 g/mol. The maximum absolute atomic E-state index is 15.0. The van der Waals surface area contributed by atoms with Crippen molar-refractivity contribution >= 4 is 64.1 Å². The van der Waals surface area contributed by atoms with Crippen molar-refractivity contribution in [1.29, 1.82) is 0 Å². The van der Waals surface area contributed by atoms with Crippen LogP contribution in [-0.4, -0.2) is 112 Å². The van der Waals surface area contributed by atoms with Crippen LogP contribution < -0.4 is 37.5 Å². The van der Waals surface area contributed by atoms with Gasteiger partial charge in [0.25, 0.3) is 17.4 Å². The maximum atomic E-state index is 15.0. The minimum absolute atomic E-state index is 0.0236. The molecule has 5 heterocycles. The van der Waals surface area contributed by atoms with Gasteiger partial charge >= 0.3 is 5.97 Å². The molecular weight excluding hydrogens is 986 g/mol. The van der Waals surface area contributed by atoms with Crippen LogP contribution >= 0.6 is 0 Å². The Morgan fingerprint density at radius 2 is 1.49 bits per heavy atom. The Kier molecular flexibility index (Phi) is 17.1. The SMILES string of the molecule is CC[C@@]1(O)C(=O)OCc2c1cc1n(c2=O)Cc2c-1nc1cc(F)cc3c1c2[C@@H](NC(=O)CCCCCNC(=O)CNC(=O)C(Cc1ccccc1)NC(=O)CNC(=O)CNC(=O)CCCCCN1C(=O)C=CC1=O)CC3. The van der Waals surface area contributed by atoms with E-state index in [0.29, 0.717) is 79.2 Å². The molecule has 2 aromatic carbocycles. The van der Waals surface area contributed by atoms with Crippen LogP contribution in [0.2, 0.25) is 0 Å². The number of halogens is 1. The van der Waals surface area contributed by atoms with Gasteiger partial charge in [-0.3, -0.25) is 48.1 Å². The molecule has 0 spiro atoms. The second kappa shape index (κ2) is 24.0. The highest BCUT2D eigenvalue weighted by Crippen LogP contribution is 2.45. The number of benzene rings is 2. The fourth-order valence-electron chi connectivity index (χ4n) is 10.1. The Labute approximate surface area is 435 Å². The van der Waals surface area contributed by atoms with Crippen LogP contribution in [-0.2, 0) is 79.5 Å². The van der Waals surface area contributed by atoms with Gasteiger partial charge in [-0.2, -0.15) is 0 Å². The second-order valence-electron chi connectivity index (χ2n) is 19.3. The highest BCUT2D eigenvalue weighted by atomic mass is 19.1. The van der Waals surface area contributed by atoms with E-state index in [1.807, 2.05) is 0 Å². The highest BCUT2D eigenvalue weighted by Gasteiger charge is 2.46. The van der Waals surface area contributed by atoms with Crippen LogP contribution in [0, 0.1) is 5.82 Å². The summed E-state index contributed by atoms with van der Waals surface area (Å²) in [5.41, 5.74) is 1.93. The van der Waals surface area contributed by atoms with Crippen molar-refractivity contribution < 1.29 is 57.4 Å². The van der Waals surface area contributed by atoms with Gasteiger partial charge in [-0.05, 0) is 73.8 Å². The minimum Gasteiger partial charge on any atom is -0.458 e. The van der Waals surface area contributed by atoms with Crippen LogP contribution in [0.5, 0.6) is 0 Å². The Morgan fingerprint density at radius 1 is 0.803 bits per heavy atom. The first kappa shape index (κ1) is 54.1. The molecule has 76 heavy (non-hydrogen) atoms. The van der Waals surface area contributed by atoms with Gasteiger partial charge in [0.15, 0.2) is 5.60 Å². The predicted octanol–water partition coefficient (Wildman–Crippen LogP) is 1.56. The van der Waals surface area contributed by atoms with Crippen LogP contribution in [0.15, 0.2) is 65.5 Å². The number of unbranched alkanes of at least 4 members (excludes halogenated alkanes) is 4. The van der Waals surface area contributed by atoms with Crippen molar-refractivity contribution in [1.82, 2.24) is 46.4 Å². The number of carbonyl (C=O) groups is 9. The number of esters is 1. The van der Waals surface area contributed by atoms with Crippen molar-refractivity contribution in [3.8, 4) is 11.4 Å². The van der Waals surface area contributed by atoms with E-state index in [1.165, 1.54) is 28.9 Å². The number of pyridine rings is 2. The zero-order valence-electron chi connectivity index (χ0n) is 42.0. The molecule has 2 aromatic heterocycles. The minimum atomic E-state index is -2.02. The number of aliphatic hydroxyl groups is 1. The molecule has 4 aliphatic rings. The molecule has 0 radical (unpaired) electrons. The Bertz CT molecular complexity index is 3070. The standard InChI is InChI=1S/C54H60FN9O12/c1-2-54(75)36-25-40-50-34(29-64(40)52(73)35(36)30-76-53(54)74)49-37(17-16-32-23-33(55)24-38(62-50)48(32)49)60-42(66)15-8-4-10-20-56-43(67)27-59-51(72)39(22-31-12-6-3-7-13-31)61-45(69)28-58-44(68)26-57-41(65)14-9-5-11-21-63-46(70)18-19-47(63)71/h3,6-7,12-13,18-19,23-25,37,39,75H,2,4-5,8-11,14-17,20-22,26-30H2,1H3,(H,56,67)(H,57,65)(H,58,68)(H,59,72)(H,60,66)(H,61,69)/t37-,39?,54-/m0/s1. The summed E-state index contributed by atoms with van der Waals surface area (Å²) in [5, 5.41) is 28.0. The molecular formula is C54H60FN9O12. The number of fused-ring (bicyclic) bond motifs is 5. The number of nitrogens with one attached hydrogen (secondary N) is 6. The van der Waals surface area contributed by atoms with Crippen molar-refractivity contribution in [2.45, 2.75) is 115 Å². The summed E-state index contributed by atoms with van der Waals surface area (Å²) < 4.78 is 21.7. The fourth-order valence-corrected chi connectivity index (χ4v) is 10.1. The molecule has 8 rings (SSSR count). The molecule has 3 aliphatic heterocycles. The number of ether oxygens (including phenoxy) is 1. The van der Waals surface area contributed by atoms with Crippen LogP contribution in [0.25, 0.3) is 22.3 Å². The maximum Gasteiger partial charge on any atom is 0.343 e. The first-order valence-electron chi connectivity index (χ1n) is 25.6. The smallest absolute Gasteiger partial charge is 0.343 e. The lowest BCUT2D eigenvalue weighted by molar-refractivity contribution is -0.172. The lowest BCUT2D eigenvalue weighted by Gasteiger charge is -2.31. The molecule has 0 fully saturated rings. The van der Waals surface area contributed by atoms with E-state index < -0.39 is 65.2 Å². The summed E-state index contributed by atoms with van der Waals surface area (Å²) >= 11 is 0. The van der Waals surface area contributed by atoms with E-state index >= 15 is 0 Å². The summed E-state index contributed by atoms with van der Waals surface area (Å²) in [6.45, 7) is 0.717. The van der Waals surface area contributed by atoms with Crippen molar-refractivity contribution in [3.05, 3.63) is 110 Å².